The van der Waals surface area contributed by atoms with Crippen LogP contribution in [0.25, 0.3) is 0 Å². The highest BCUT2D eigenvalue weighted by Crippen LogP contribution is 2.42. The number of imide groups is 1. The van der Waals surface area contributed by atoms with E-state index in [2.05, 4.69) is 4.99 Å². The van der Waals surface area contributed by atoms with E-state index >= 15 is 0 Å². The largest absolute Gasteiger partial charge is 0.468 e. The minimum Gasteiger partial charge on any atom is -0.468 e. The van der Waals surface area contributed by atoms with Gasteiger partial charge in [0.25, 0.3) is 11.8 Å². The van der Waals surface area contributed by atoms with Crippen LogP contribution in [0.4, 0.5) is 0 Å². The van der Waals surface area contributed by atoms with Crippen molar-refractivity contribution in [1.29, 1.82) is 0 Å². The van der Waals surface area contributed by atoms with Crippen LogP contribution in [0.5, 0.6) is 0 Å². The Morgan fingerprint density at radius 1 is 1.03 bits per heavy atom. The lowest BCUT2D eigenvalue weighted by molar-refractivity contribution is -0.145. The number of fused-ring (bicyclic) bond motifs is 1. The third-order valence-corrected chi connectivity index (χ3v) is 6.90. The van der Waals surface area contributed by atoms with Gasteiger partial charge >= 0.3 is 11.9 Å². The molecule has 204 valence electrons. The number of carbonyl (C=O) groups is 4. The molecule has 39 heavy (non-hydrogen) atoms. The Kier molecular flexibility index (Phi) is 8.62. The van der Waals surface area contributed by atoms with Crippen molar-refractivity contribution >= 4 is 41.1 Å². The molecule has 0 saturated carbocycles. The van der Waals surface area contributed by atoms with Gasteiger partial charge in [-0.05, 0) is 44.5 Å². The Labute approximate surface area is 231 Å². The molecule has 0 spiro atoms. The Hall–Kier alpha value is -3.82. The van der Waals surface area contributed by atoms with Gasteiger partial charge in [0.15, 0.2) is 0 Å². The van der Waals surface area contributed by atoms with Gasteiger partial charge in [0.05, 0.1) is 55.4 Å². The molecule has 0 fully saturated rings. The Bertz CT molecular complexity index is 1350. The van der Waals surface area contributed by atoms with Crippen LogP contribution in [0.2, 0.25) is 5.02 Å². The Balaban J connectivity index is 1.63. The van der Waals surface area contributed by atoms with Gasteiger partial charge in [0.1, 0.15) is 5.92 Å². The molecular formula is C29H29ClN2O7. The fourth-order valence-electron chi connectivity index (χ4n) is 4.83. The lowest BCUT2D eigenvalue weighted by atomic mass is 9.75. The molecule has 2 aliphatic heterocycles. The summed E-state index contributed by atoms with van der Waals surface area (Å²) in [5.41, 5.74) is 2.08. The molecule has 2 aliphatic rings. The van der Waals surface area contributed by atoms with E-state index in [9.17, 15) is 19.2 Å². The number of methoxy groups -OCH3 is 1. The van der Waals surface area contributed by atoms with Crippen LogP contribution in [0.3, 0.4) is 0 Å². The average molecular weight is 553 g/mol. The maximum atomic E-state index is 13.4. The summed E-state index contributed by atoms with van der Waals surface area (Å²) in [6, 6.07) is 13.6. The first-order valence-electron chi connectivity index (χ1n) is 12.5. The molecule has 2 heterocycles. The molecule has 2 unspecified atom stereocenters. The molecule has 9 nitrogen and oxygen atoms in total. The van der Waals surface area contributed by atoms with Gasteiger partial charge in [0.2, 0.25) is 0 Å². The van der Waals surface area contributed by atoms with Crippen LogP contribution in [0.15, 0.2) is 64.8 Å². The Morgan fingerprint density at radius 3 is 2.23 bits per heavy atom. The molecule has 0 aliphatic carbocycles. The maximum Gasteiger partial charge on any atom is 0.336 e. The van der Waals surface area contributed by atoms with Crippen molar-refractivity contribution < 1.29 is 33.4 Å². The van der Waals surface area contributed by atoms with Crippen molar-refractivity contribution in [3.8, 4) is 0 Å². The van der Waals surface area contributed by atoms with E-state index in [-0.39, 0.29) is 42.8 Å². The first kappa shape index (κ1) is 28.2. The zero-order chi connectivity index (χ0) is 28.3. The second-order valence-corrected chi connectivity index (χ2v) is 9.83. The molecule has 2 aromatic carbocycles. The van der Waals surface area contributed by atoms with Crippen LogP contribution in [0, 0.1) is 5.92 Å². The van der Waals surface area contributed by atoms with Gasteiger partial charge < -0.3 is 14.2 Å². The minimum atomic E-state index is -0.910. The highest BCUT2D eigenvalue weighted by Gasteiger charge is 2.44. The third-order valence-electron chi connectivity index (χ3n) is 6.55. The molecule has 0 aromatic heterocycles. The molecule has 2 amide bonds. The summed E-state index contributed by atoms with van der Waals surface area (Å²) in [6.45, 7) is 5.01. The first-order valence-corrected chi connectivity index (χ1v) is 12.9. The zero-order valence-corrected chi connectivity index (χ0v) is 22.9. The molecule has 10 heteroatoms. The van der Waals surface area contributed by atoms with Crippen LogP contribution in [0.1, 0.15) is 53.0 Å². The number of benzene rings is 2. The highest BCUT2D eigenvalue weighted by molar-refractivity contribution is 6.31. The molecule has 0 radical (unpaired) electrons. The van der Waals surface area contributed by atoms with Crippen LogP contribution in [-0.4, -0.2) is 67.3 Å². The number of hydrogen-bond donors (Lipinski definition) is 0. The lowest BCUT2D eigenvalue weighted by Gasteiger charge is -2.32. The van der Waals surface area contributed by atoms with E-state index in [1.54, 1.807) is 69.3 Å². The number of nitrogens with zero attached hydrogens (tertiary/aromatic N) is 2. The average Bonchev–Trinajstić information content (AvgIpc) is 3.15. The van der Waals surface area contributed by atoms with Crippen molar-refractivity contribution in [3.63, 3.8) is 0 Å². The van der Waals surface area contributed by atoms with Crippen molar-refractivity contribution in [2.24, 2.45) is 10.9 Å². The summed E-state index contributed by atoms with van der Waals surface area (Å²) in [5, 5.41) is 0.367. The standard InChI is InChI=1S/C29H29ClN2O7/c1-16(2)39-29(36)25-22(15-38-14-13-32-26(33)18-9-5-6-10-19(18)27(32)34)31-17(3)23(28(35)37-4)24(25)20-11-7-8-12-21(20)30/h5-12,16,23-24H,13-15H2,1-4H3. The summed E-state index contributed by atoms with van der Waals surface area (Å²) in [7, 11) is 1.27. The zero-order valence-electron chi connectivity index (χ0n) is 22.1. The number of hydrogen-bond acceptors (Lipinski definition) is 8. The highest BCUT2D eigenvalue weighted by atomic mass is 35.5. The SMILES string of the molecule is COC(=O)C1C(C)=NC(COCCN2C(=O)c3ccccc3C2=O)=C(C(=O)OC(C)C)C1c1ccccc1Cl. The summed E-state index contributed by atoms with van der Waals surface area (Å²) >= 11 is 6.54. The quantitative estimate of drug-likeness (QED) is 0.260. The molecular weight excluding hydrogens is 524 g/mol. The summed E-state index contributed by atoms with van der Waals surface area (Å²) in [4.78, 5) is 57.3. The van der Waals surface area contributed by atoms with Crippen molar-refractivity contribution in [3.05, 3.63) is 81.5 Å². The molecule has 0 saturated heterocycles. The van der Waals surface area contributed by atoms with E-state index in [1.165, 1.54) is 7.11 Å². The molecule has 0 bridgehead atoms. The van der Waals surface area contributed by atoms with Gasteiger partial charge in [-0.2, -0.15) is 0 Å². The van der Waals surface area contributed by atoms with Crippen LogP contribution < -0.4 is 0 Å². The molecule has 0 N–H and O–H groups in total. The second-order valence-electron chi connectivity index (χ2n) is 9.43. The number of amides is 2. The molecule has 2 aromatic rings. The molecule has 2 atom stereocenters. The summed E-state index contributed by atoms with van der Waals surface area (Å²) in [6.07, 6.45) is -0.434. The fraction of sp³-hybridized carbons (Fsp3) is 0.345. The predicted octanol–water partition coefficient (Wildman–Crippen LogP) is 4.21. The van der Waals surface area contributed by atoms with Crippen molar-refractivity contribution in [1.82, 2.24) is 4.90 Å². The number of rotatable bonds is 9. The molecule has 4 rings (SSSR count). The van der Waals surface area contributed by atoms with Gasteiger partial charge in [0, 0.05) is 16.7 Å². The summed E-state index contributed by atoms with van der Waals surface area (Å²) in [5.74, 6) is -3.73. The number of aliphatic imine (C=N–C) groups is 1. The van der Waals surface area contributed by atoms with Gasteiger partial charge in [-0.25, -0.2) is 4.79 Å². The topological polar surface area (TPSA) is 112 Å². The van der Waals surface area contributed by atoms with Gasteiger partial charge in [-0.15, -0.1) is 0 Å². The number of carbonyl (C=O) groups excluding carboxylic acids is 4. The van der Waals surface area contributed by atoms with E-state index in [1.807, 2.05) is 0 Å². The number of ether oxygens (including phenoxy) is 3. The monoisotopic (exact) mass is 552 g/mol. The van der Waals surface area contributed by atoms with Gasteiger partial charge in [-0.3, -0.25) is 24.3 Å². The first-order chi connectivity index (χ1) is 18.6. The van der Waals surface area contributed by atoms with Crippen molar-refractivity contribution in [2.75, 3.05) is 26.9 Å². The maximum absolute atomic E-state index is 13.4. The van der Waals surface area contributed by atoms with Crippen LogP contribution in [-0.2, 0) is 23.8 Å². The third kappa shape index (κ3) is 5.65. The van der Waals surface area contributed by atoms with E-state index in [4.69, 9.17) is 25.8 Å². The fourth-order valence-corrected chi connectivity index (χ4v) is 5.08. The smallest absolute Gasteiger partial charge is 0.336 e. The van der Waals surface area contributed by atoms with Gasteiger partial charge in [-0.1, -0.05) is 41.9 Å². The normalized spacial score (nSPS) is 18.8. The number of esters is 2. The predicted molar refractivity (Wildman–Crippen MR) is 144 cm³/mol. The number of halogens is 1. The second kappa shape index (κ2) is 11.9. The van der Waals surface area contributed by atoms with E-state index < -0.39 is 29.9 Å². The van der Waals surface area contributed by atoms with Crippen molar-refractivity contribution in [2.45, 2.75) is 32.8 Å². The van der Waals surface area contributed by atoms with Crippen LogP contribution >= 0.6 is 11.6 Å². The lowest BCUT2D eigenvalue weighted by Crippen LogP contribution is -2.37. The Morgan fingerprint density at radius 2 is 1.64 bits per heavy atom. The van der Waals surface area contributed by atoms with E-state index in [0.717, 1.165) is 4.90 Å². The minimum absolute atomic E-state index is 0.00718. The summed E-state index contributed by atoms with van der Waals surface area (Å²) < 4.78 is 16.4. The van der Waals surface area contributed by atoms with E-state index in [0.29, 0.717) is 27.4 Å².